The van der Waals surface area contributed by atoms with Crippen LogP contribution in [0.1, 0.15) is 0 Å². The van der Waals surface area contributed by atoms with Crippen molar-refractivity contribution < 1.29 is 88.6 Å². The van der Waals surface area contributed by atoms with Crippen LogP contribution in [0.2, 0.25) is 0 Å². The fraction of sp³-hybridized carbons (Fsp3) is 0. The summed E-state index contributed by atoms with van der Waals surface area (Å²) in [5.74, 6) is 0. The third kappa shape index (κ3) is 32.1. The number of halogens is 3. The molecular formula is H8Cl3KN2. The van der Waals surface area contributed by atoms with Crippen LogP contribution in [0.3, 0.4) is 0 Å². The first kappa shape index (κ1) is 78.9. The molecule has 0 amide bonds. The Hall–Kier alpha value is 2.43. The molecule has 6 heteroatoms. The van der Waals surface area contributed by atoms with Gasteiger partial charge in [0.25, 0.3) is 0 Å². The molecule has 6 heavy (non-hydrogen) atoms. The van der Waals surface area contributed by atoms with Gasteiger partial charge in [0.05, 0.1) is 0 Å². The summed E-state index contributed by atoms with van der Waals surface area (Å²) in [4.78, 5) is 0. The summed E-state index contributed by atoms with van der Waals surface area (Å²) in [5, 5.41) is 0. The van der Waals surface area contributed by atoms with E-state index in [1.807, 2.05) is 0 Å². The zero-order valence-electron chi connectivity index (χ0n) is 4.13. The number of rotatable bonds is 0. The summed E-state index contributed by atoms with van der Waals surface area (Å²) in [6, 6.07) is 0. The van der Waals surface area contributed by atoms with Crippen LogP contribution >= 0.6 is 0 Å². The van der Waals surface area contributed by atoms with Crippen molar-refractivity contribution in [3.63, 3.8) is 0 Å². The summed E-state index contributed by atoms with van der Waals surface area (Å²) in [7, 11) is 0. The van der Waals surface area contributed by atoms with Gasteiger partial charge in [0.2, 0.25) is 0 Å². The van der Waals surface area contributed by atoms with Crippen molar-refractivity contribution in [1.29, 1.82) is 0 Å². The van der Waals surface area contributed by atoms with Gasteiger partial charge in [-0.1, -0.05) is 0 Å². The fourth-order valence-corrected chi connectivity index (χ4v) is 0. The Kier molecular flexibility index (Phi) is 685. The molecule has 0 aliphatic heterocycles. The van der Waals surface area contributed by atoms with Crippen molar-refractivity contribution in [3.8, 4) is 0 Å². The average molecular weight is 182 g/mol. The largest absolute Gasteiger partial charge is 1.00 e. The molecule has 40 valence electrons. The predicted octanol–water partition coefficient (Wildman–Crippen LogP) is -11.2. The average Bonchev–Trinajstić information content (AvgIpc) is 0. The monoisotopic (exact) mass is 180 g/mol. The van der Waals surface area contributed by atoms with E-state index in [-0.39, 0.29) is 101 Å². The van der Waals surface area contributed by atoms with Crippen molar-refractivity contribution in [3.05, 3.63) is 0 Å². The minimum absolute atomic E-state index is 0. The van der Waals surface area contributed by atoms with E-state index >= 15 is 0 Å². The van der Waals surface area contributed by atoms with Crippen LogP contribution in [0.25, 0.3) is 0 Å². The summed E-state index contributed by atoms with van der Waals surface area (Å²) in [5.41, 5.74) is 0. The Morgan fingerprint density at radius 3 is 0.500 bits per heavy atom. The standard InChI is InChI=1S/3ClH.K.2H3N/h3*1H;;2*1H3/q;;;+1;;/p-1. The van der Waals surface area contributed by atoms with Gasteiger partial charge in [-0.2, -0.15) is 0 Å². The Balaban J connectivity index is 0. The molecule has 0 aliphatic rings. The third-order valence-corrected chi connectivity index (χ3v) is 0. The van der Waals surface area contributed by atoms with E-state index in [1.165, 1.54) is 0 Å². The summed E-state index contributed by atoms with van der Waals surface area (Å²) >= 11 is 0. The predicted molar refractivity (Wildman–Crippen MR) is 12.0 cm³/mol. The molecule has 0 aromatic heterocycles. The molecule has 0 saturated carbocycles. The topological polar surface area (TPSA) is 73.0 Å². The van der Waals surface area contributed by atoms with Crippen molar-refractivity contribution in [2.75, 3.05) is 0 Å². The van der Waals surface area contributed by atoms with Gasteiger partial charge in [-0.3, -0.25) is 0 Å². The number of hydrogen-bond acceptors (Lipinski definition) is 0. The molecule has 2 nitrogen and oxygen atoms in total. The minimum Gasteiger partial charge on any atom is -1.00 e. The molecule has 0 aromatic carbocycles. The molecule has 0 aromatic rings. The van der Waals surface area contributed by atoms with Crippen LogP contribution in [-0.4, -0.2) is 0 Å². The molecule has 8 N–H and O–H groups in total. The van der Waals surface area contributed by atoms with Gasteiger partial charge in [0, 0.05) is 0 Å². The number of hydrogen-bond donors (Lipinski definition) is 2. The van der Waals surface area contributed by atoms with E-state index in [4.69, 9.17) is 0 Å². The molecule has 0 atom stereocenters. The van der Waals surface area contributed by atoms with Gasteiger partial charge in [0.15, 0.2) is 0 Å². The molecule has 0 rings (SSSR count). The molecule has 0 radical (unpaired) electrons. The van der Waals surface area contributed by atoms with Crippen LogP contribution in [0, 0.1) is 0 Å². The Morgan fingerprint density at radius 2 is 0.500 bits per heavy atom. The SMILES string of the molecule is [Cl-].[Cl-].[Cl-].[K+].[NH4+].[NH4+]. The van der Waals surface area contributed by atoms with Crippen LogP contribution in [-0.2, 0) is 0 Å². The van der Waals surface area contributed by atoms with Crippen LogP contribution in [0.4, 0.5) is 0 Å². The Labute approximate surface area is 99.0 Å². The second-order valence-electron chi connectivity index (χ2n) is 0. The first-order valence-corrected chi connectivity index (χ1v) is 0. The van der Waals surface area contributed by atoms with Gasteiger partial charge >= 0.3 is 51.4 Å². The van der Waals surface area contributed by atoms with Gasteiger partial charge in [-0.05, 0) is 0 Å². The van der Waals surface area contributed by atoms with Crippen LogP contribution < -0.4 is 101 Å². The van der Waals surface area contributed by atoms with E-state index in [9.17, 15) is 0 Å². The summed E-state index contributed by atoms with van der Waals surface area (Å²) < 4.78 is 0. The molecular weight excluding hydrogens is 173 g/mol. The van der Waals surface area contributed by atoms with E-state index in [2.05, 4.69) is 0 Å². The van der Waals surface area contributed by atoms with E-state index in [0.717, 1.165) is 0 Å². The zero-order valence-corrected chi connectivity index (χ0v) is 9.52. The fourth-order valence-electron chi connectivity index (χ4n) is 0. The van der Waals surface area contributed by atoms with E-state index < -0.39 is 0 Å². The van der Waals surface area contributed by atoms with Crippen molar-refractivity contribution in [2.45, 2.75) is 0 Å². The molecule has 0 heterocycles. The first-order valence-electron chi connectivity index (χ1n) is 0. The number of quaternary nitrogens is 2. The molecule has 0 bridgehead atoms. The molecule has 0 spiro atoms. The Morgan fingerprint density at radius 1 is 0.500 bits per heavy atom. The maximum Gasteiger partial charge on any atom is 1.00 e. The second-order valence-corrected chi connectivity index (χ2v) is 0. The second kappa shape index (κ2) is 52.1. The molecule has 0 saturated heterocycles. The first-order chi connectivity index (χ1) is 0. The quantitative estimate of drug-likeness (QED) is 0.349. The molecule has 0 aliphatic carbocycles. The van der Waals surface area contributed by atoms with Gasteiger partial charge in [-0.15, -0.1) is 0 Å². The van der Waals surface area contributed by atoms with Crippen LogP contribution in [0.15, 0.2) is 0 Å². The normalized spacial score (nSPS) is 0. The smallest absolute Gasteiger partial charge is 1.00 e. The van der Waals surface area contributed by atoms with Crippen LogP contribution in [0.5, 0.6) is 0 Å². The van der Waals surface area contributed by atoms with Crippen molar-refractivity contribution >= 4 is 0 Å². The summed E-state index contributed by atoms with van der Waals surface area (Å²) in [6.45, 7) is 0. The molecule has 0 fully saturated rings. The maximum atomic E-state index is 0. The third-order valence-electron chi connectivity index (χ3n) is 0. The zero-order chi connectivity index (χ0) is 0. The van der Waals surface area contributed by atoms with Crippen molar-refractivity contribution in [2.24, 2.45) is 0 Å². The van der Waals surface area contributed by atoms with E-state index in [1.54, 1.807) is 0 Å². The van der Waals surface area contributed by atoms with Crippen molar-refractivity contribution in [1.82, 2.24) is 12.3 Å². The summed E-state index contributed by atoms with van der Waals surface area (Å²) in [6.07, 6.45) is 0. The minimum atomic E-state index is 0. The maximum absolute atomic E-state index is 0. The van der Waals surface area contributed by atoms with Gasteiger partial charge in [0.1, 0.15) is 0 Å². The van der Waals surface area contributed by atoms with E-state index in [0.29, 0.717) is 0 Å². The van der Waals surface area contributed by atoms with Gasteiger partial charge < -0.3 is 49.5 Å². The van der Waals surface area contributed by atoms with Gasteiger partial charge in [-0.25, -0.2) is 0 Å². The molecule has 0 unspecified atom stereocenters. The Bertz CT molecular complexity index is 8.75.